The Morgan fingerprint density at radius 2 is 2.00 bits per heavy atom. The molecule has 0 radical (unpaired) electrons. The van der Waals surface area contributed by atoms with Gasteiger partial charge in [0.05, 0.1) is 4.47 Å². The Hall–Kier alpha value is -1.11. The van der Waals surface area contributed by atoms with Gasteiger partial charge in [-0.05, 0) is 28.9 Å². The minimum absolute atomic E-state index is 0.213. The number of halogens is 1. The van der Waals surface area contributed by atoms with E-state index in [4.69, 9.17) is 0 Å². The van der Waals surface area contributed by atoms with Crippen molar-refractivity contribution in [3.05, 3.63) is 28.2 Å². The number of phenols is 1. The predicted molar refractivity (Wildman–Crippen MR) is 79.3 cm³/mol. The van der Waals surface area contributed by atoms with Gasteiger partial charge in [-0.15, -0.1) is 0 Å². The van der Waals surface area contributed by atoms with Gasteiger partial charge in [0.15, 0.2) is 0 Å². The molecule has 1 saturated heterocycles. The molecule has 1 aliphatic heterocycles. The van der Waals surface area contributed by atoms with Crippen molar-refractivity contribution in [1.82, 2.24) is 9.80 Å². The van der Waals surface area contributed by atoms with Crippen molar-refractivity contribution < 1.29 is 15.0 Å². The first-order valence-corrected chi connectivity index (χ1v) is 7.44. The van der Waals surface area contributed by atoms with E-state index in [2.05, 4.69) is 20.8 Å². The van der Waals surface area contributed by atoms with Crippen LogP contribution in [0.3, 0.4) is 0 Å². The number of phenolic OH excluding ortho intramolecular Hbond substituents is 1. The maximum Gasteiger partial charge on any atom is 0.251 e. The molecule has 0 saturated carbocycles. The van der Waals surface area contributed by atoms with Crippen LogP contribution in [0, 0.1) is 0 Å². The van der Waals surface area contributed by atoms with Crippen LogP contribution in [-0.4, -0.2) is 58.2 Å². The number of hydrogen-bond acceptors (Lipinski definition) is 4. The molecule has 0 spiro atoms. The maximum atomic E-state index is 11.7. The van der Waals surface area contributed by atoms with Crippen LogP contribution in [0.15, 0.2) is 22.7 Å². The van der Waals surface area contributed by atoms with Gasteiger partial charge < -0.3 is 15.1 Å². The lowest BCUT2D eigenvalue weighted by molar-refractivity contribution is -0.141. The summed E-state index contributed by atoms with van der Waals surface area (Å²) < 4.78 is 0.693. The normalized spacial score (nSPS) is 18.1. The Morgan fingerprint density at radius 1 is 1.35 bits per heavy atom. The van der Waals surface area contributed by atoms with Crippen molar-refractivity contribution in [3.63, 3.8) is 0 Å². The van der Waals surface area contributed by atoms with Gasteiger partial charge >= 0.3 is 0 Å². The number of aliphatic hydroxyl groups is 1. The van der Waals surface area contributed by atoms with E-state index in [-0.39, 0.29) is 11.7 Å². The van der Waals surface area contributed by atoms with Crippen molar-refractivity contribution in [2.45, 2.75) is 19.6 Å². The summed E-state index contributed by atoms with van der Waals surface area (Å²) in [4.78, 5) is 15.5. The minimum Gasteiger partial charge on any atom is -0.506 e. The second kappa shape index (κ2) is 6.56. The van der Waals surface area contributed by atoms with Crippen LogP contribution >= 0.6 is 15.9 Å². The molecule has 0 bridgehead atoms. The summed E-state index contributed by atoms with van der Waals surface area (Å²) in [6.45, 7) is 4.85. The number of carbonyl (C=O) groups excluding carboxylic acids is 1. The van der Waals surface area contributed by atoms with Gasteiger partial charge in [0.1, 0.15) is 11.9 Å². The lowest BCUT2D eigenvalue weighted by atomic mass is 10.1. The van der Waals surface area contributed by atoms with Crippen LogP contribution in [0.4, 0.5) is 0 Å². The highest BCUT2D eigenvalue weighted by Gasteiger charge is 2.24. The molecular formula is C14H19BrN2O3. The molecule has 1 fully saturated rings. The SMILES string of the molecule is CC(O)C(=O)N1CCN(Cc2cccc(Br)c2O)CC1. The van der Waals surface area contributed by atoms with Crippen molar-refractivity contribution >= 4 is 21.8 Å². The molecule has 0 aromatic heterocycles. The summed E-state index contributed by atoms with van der Waals surface area (Å²) in [6, 6.07) is 5.60. The number of aromatic hydroxyl groups is 1. The van der Waals surface area contributed by atoms with E-state index in [9.17, 15) is 15.0 Å². The van der Waals surface area contributed by atoms with Crippen molar-refractivity contribution in [2.24, 2.45) is 0 Å². The number of amides is 1. The zero-order valence-corrected chi connectivity index (χ0v) is 13.0. The molecule has 1 amide bonds. The molecule has 20 heavy (non-hydrogen) atoms. The molecular weight excluding hydrogens is 324 g/mol. The summed E-state index contributed by atoms with van der Waals surface area (Å²) in [7, 11) is 0. The number of nitrogens with zero attached hydrogens (tertiary/aromatic N) is 2. The van der Waals surface area contributed by atoms with Crippen molar-refractivity contribution in [1.29, 1.82) is 0 Å². The van der Waals surface area contributed by atoms with Gasteiger partial charge in [0.2, 0.25) is 0 Å². The molecule has 1 unspecified atom stereocenters. The van der Waals surface area contributed by atoms with Gasteiger partial charge in [0, 0.05) is 38.3 Å². The fourth-order valence-corrected chi connectivity index (χ4v) is 2.73. The van der Waals surface area contributed by atoms with Crippen LogP contribution in [0.25, 0.3) is 0 Å². The predicted octanol–water partition coefficient (Wildman–Crippen LogP) is 1.18. The minimum atomic E-state index is -0.935. The van der Waals surface area contributed by atoms with E-state index in [1.165, 1.54) is 6.92 Å². The monoisotopic (exact) mass is 342 g/mol. The fraction of sp³-hybridized carbons (Fsp3) is 0.500. The van der Waals surface area contributed by atoms with Gasteiger partial charge in [-0.2, -0.15) is 0 Å². The first kappa shape index (κ1) is 15.3. The van der Waals surface area contributed by atoms with Crippen molar-refractivity contribution in [3.8, 4) is 5.75 Å². The van der Waals surface area contributed by atoms with Crippen LogP contribution in [0.5, 0.6) is 5.75 Å². The van der Waals surface area contributed by atoms with Gasteiger partial charge in [-0.1, -0.05) is 12.1 Å². The molecule has 0 aliphatic carbocycles. The number of rotatable bonds is 3. The third-order valence-electron chi connectivity index (χ3n) is 3.51. The molecule has 1 aliphatic rings. The molecule has 1 heterocycles. The van der Waals surface area contributed by atoms with Crippen LogP contribution in [-0.2, 0) is 11.3 Å². The fourth-order valence-electron chi connectivity index (χ4n) is 2.32. The van der Waals surface area contributed by atoms with Gasteiger partial charge in [-0.3, -0.25) is 9.69 Å². The molecule has 1 aromatic carbocycles. The lowest BCUT2D eigenvalue weighted by Crippen LogP contribution is -2.50. The van der Waals surface area contributed by atoms with E-state index in [0.29, 0.717) is 24.1 Å². The zero-order valence-electron chi connectivity index (χ0n) is 11.4. The van der Waals surface area contributed by atoms with E-state index >= 15 is 0 Å². The zero-order chi connectivity index (χ0) is 14.7. The van der Waals surface area contributed by atoms with Gasteiger partial charge in [-0.25, -0.2) is 0 Å². The van der Waals surface area contributed by atoms with Gasteiger partial charge in [0.25, 0.3) is 5.91 Å². The number of benzene rings is 1. The average molecular weight is 343 g/mol. The maximum absolute atomic E-state index is 11.7. The molecule has 2 N–H and O–H groups in total. The molecule has 6 heteroatoms. The quantitative estimate of drug-likeness (QED) is 0.865. The van der Waals surface area contributed by atoms with Crippen LogP contribution in [0.1, 0.15) is 12.5 Å². The molecule has 1 atom stereocenters. The first-order chi connectivity index (χ1) is 9.49. The second-order valence-corrected chi connectivity index (χ2v) is 5.88. The summed E-state index contributed by atoms with van der Waals surface area (Å²) in [5, 5.41) is 19.3. The largest absolute Gasteiger partial charge is 0.506 e. The Balaban J connectivity index is 1.92. The van der Waals surface area contributed by atoms with Crippen LogP contribution in [0.2, 0.25) is 0 Å². The topological polar surface area (TPSA) is 64.0 Å². The number of carbonyl (C=O) groups is 1. The highest BCUT2D eigenvalue weighted by molar-refractivity contribution is 9.10. The number of para-hydroxylation sites is 1. The Bertz CT molecular complexity index is 485. The van der Waals surface area contributed by atoms with E-state index < -0.39 is 6.10 Å². The first-order valence-electron chi connectivity index (χ1n) is 6.64. The summed E-state index contributed by atoms with van der Waals surface area (Å²) in [5.41, 5.74) is 0.870. The molecule has 1 aromatic rings. The Labute approximate surface area is 126 Å². The number of piperazine rings is 1. The number of aliphatic hydroxyl groups excluding tert-OH is 1. The lowest BCUT2D eigenvalue weighted by Gasteiger charge is -2.35. The van der Waals surface area contributed by atoms with Crippen molar-refractivity contribution in [2.75, 3.05) is 26.2 Å². The molecule has 2 rings (SSSR count). The summed E-state index contributed by atoms with van der Waals surface area (Å²) >= 11 is 3.31. The van der Waals surface area contributed by atoms with Crippen LogP contribution < -0.4 is 0 Å². The van der Waals surface area contributed by atoms with E-state index in [1.807, 2.05) is 12.1 Å². The standard InChI is InChI=1S/C14H19BrN2O3/c1-10(18)14(20)17-7-5-16(6-8-17)9-11-3-2-4-12(15)13(11)19/h2-4,10,18-19H,5-9H2,1H3. The summed E-state index contributed by atoms with van der Waals surface area (Å²) in [6.07, 6.45) is -0.935. The Kier molecular flexibility index (Phi) is 5.01. The van der Waals surface area contributed by atoms with E-state index in [0.717, 1.165) is 18.7 Å². The smallest absolute Gasteiger partial charge is 0.251 e. The highest BCUT2D eigenvalue weighted by atomic mass is 79.9. The third-order valence-corrected chi connectivity index (χ3v) is 4.15. The second-order valence-electron chi connectivity index (χ2n) is 5.02. The highest BCUT2D eigenvalue weighted by Crippen LogP contribution is 2.28. The van der Waals surface area contributed by atoms with E-state index in [1.54, 1.807) is 11.0 Å². The summed E-state index contributed by atoms with van der Waals surface area (Å²) in [5.74, 6) is 0.0601. The number of hydrogen-bond donors (Lipinski definition) is 2. The Morgan fingerprint density at radius 3 is 2.60 bits per heavy atom. The molecule has 5 nitrogen and oxygen atoms in total. The average Bonchev–Trinajstić information content (AvgIpc) is 2.44. The third kappa shape index (κ3) is 3.50. The molecule has 110 valence electrons.